The van der Waals surface area contributed by atoms with Crippen molar-refractivity contribution in [2.45, 2.75) is 88.2 Å². The van der Waals surface area contributed by atoms with E-state index >= 15 is 0 Å². The lowest BCUT2D eigenvalue weighted by Crippen LogP contribution is -2.19. The molecule has 0 bridgehead atoms. The van der Waals surface area contributed by atoms with E-state index in [9.17, 15) is 29.1 Å². The summed E-state index contributed by atoms with van der Waals surface area (Å²) in [7, 11) is 10.8. The molecule has 0 atom stereocenters. The molecular weight excluding hydrogens is 1160 g/mol. The molecule has 0 radical (unpaired) electrons. The van der Waals surface area contributed by atoms with Crippen LogP contribution in [0.4, 0.5) is 0 Å². The number of oxime groups is 9. The molecule has 4 rings (SSSR count). The predicted octanol–water partition coefficient (Wildman–Crippen LogP) is 8.90. The number of ether oxygens (including phenoxy) is 4. The molecule has 4 aromatic carbocycles. The van der Waals surface area contributed by atoms with Gasteiger partial charge in [-0.05, 0) is 72.1 Å². The third kappa shape index (κ3) is 27.9. The molecule has 0 aliphatic heterocycles. The van der Waals surface area contributed by atoms with Gasteiger partial charge in [-0.25, -0.2) is 14.4 Å². The average Bonchev–Trinajstić information content (AvgIpc) is 2.92. The Labute approximate surface area is 516 Å². The molecule has 0 aliphatic carbocycles. The van der Waals surface area contributed by atoms with E-state index < -0.39 is 23.7 Å². The van der Waals surface area contributed by atoms with Gasteiger partial charge in [0.15, 0.2) is 5.71 Å². The maximum Gasteiger partial charge on any atom is 0.379 e. The summed E-state index contributed by atoms with van der Waals surface area (Å²) in [4.78, 5) is 97.6. The minimum atomic E-state index is -0.921. The van der Waals surface area contributed by atoms with Gasteiger partial charge in [-0.1, -0.05) is 143 Å². The van der Waals surface area contributed by atoms with Crippen LogP contribution >= 0.6 is 0 Å². The Bertz CT molecular complexity index is 3160. The third-order valence-electron chi connectivity index (χ3n) is 11.6. The zero-order valence-corrected chi connectivity index (χ0v) is 52.7. The van der Waals surface area contributed by atoms with E-state index in [-0.39, 0.29) is 55.7 Å². The lowest BCUT2D eigenvalue weighted by atomic mass is 10.0. The van der Waals surface area contributed by atoms with Crippen molar-refractivity contribution in [3.63, 3.8) is 0 Å². The molecule has 0 amide bonds. The van der Waals surface area contributed by atoms with Gasteiger partial charge in [0.05, 0.1) is 41.1 Å². The summed E-state index contributed by atoms with van der Waals surface area (Å²) >= 11 is 0. The summed E-state index contributed by atoms with van der Waals surface area (Å²) in [5, 5.41) is 52.0. The molecule has 0 aromatic heterocycles. The van der Waals surface area contributed by atoms with Crippen molar-refractivity contribution in [1.29, 1.82) is 0 Å². The number of esters is 4. The van der Waals surface area contributed by atoms with Crippen LogP contribution in [0.25, 0.3) is 5.57 Å². The molecule has 0 spiro atoms. The summed E-state index contributed by atoms with van der Waals surface area (Å²) in [5.74, 6) is -3.31. The topological polar surface area (TPSA) is 348 Å². The summed E-state index contributed by atoms with van der Waals surface area (Å²) in [6.07, 6.45) is 0.928. The van der Waals surface area contributed by atoms with Crippen molar-refractivity contribution in [2.75, 3.05) is 56.9 Å². The first-order valence-corrected chi connectivity index (χ1v) is 26.4. The molecule has 0 fully saturated rings. The highest BCUT2D eigenvalue weighted by molar-refractivity contribution is 6.44. The van der Waals surface area contributed by atoms with E-state index in [0.717, 1.165) is 18.2 Å². The fourth-order valence-electron chi connectivity index (χ4n) is 6.47. The van der Waals surface area contributed by atoms with E-state index in [0.29, 0.717) is 79.8 Å². The number of Topliss-reactive ketones (excluding diaryl/α,β-unsaturated/α-hetero) is 1. The summed E-state index contributed by atoms with van der Waals surface area (Å²) in [6, 6.07) is 27.9. The second-order valence-corrected chi connectivity index (χ2v) is 17.5. The normalized spacial score (nSPS) is 12.4. The Hall–Kier alpha value is -10.8. The third-order valence-corrected chi connectivity index (χ3v) is 11.6. The number of carbonyl (C=O) groups excluding carboxylic acids is 5. The van der Waals surface area contributed by atoms with Gasteiger partial charge in [0.25, 0.3) is 5.78 Å². The Morgan fingerprint density at radius 1 is 0.371 bits per heavy atom. The lowest BCUT2D eigenvalue weighted by Gasteiger charge is -2.10. The van der Waals surface area contributed by atoms with Gasteiger partial charge in [0.1, 0.15) is 106 Å². The number of nitrogens with zero attached hydrogens (tertiary/aromatic N) is 9. The molecular formula is C61H77N9O19. The minimum absolute atomic E-state index is 0.0382. The second kappa shape index (κ2) is 43.8. The average molecular weight is 1240 g/mol. The highest BCUT2D eigenvalue weighted by Gasteiger charge is 2.21. The second-order valence-electron chi connectivity index (χ2n) is 17.5. The summed E-state index contributed by atoms with van der Waals surface area (Å²) in [6.45, 7) is 14.4. The van der Waals surface area contributed by atoms with Crippen LogP contribution in [0, 0.1) is 0 Å². The van der Waals surface area contributed by atoms with Gasteiger partial charge in [0, 0.05) is 27.8 Å². The van der Waals surface area contributed by atoms with Crippen LogP contribution in [-0.2, 0) is 110 Å². The van der Waals surface area contributed by atoms with Crippen molar-refractivity contribution >= 4 is 86.6 Å². The minimum Gasteiger partial charge on any atom is -0.515 e. The Balaban J connectivity index is 0.000000594. The molecule has 2 N–H and O–H groups in total. The van der Waals surface area contributed by atoms with E-state index in [2.05, 4.69) is 84.7 Å². The van der Waals surface area contributed by atoms with Crippen molar-refractivity contribution in [3.05, 3.63) is 148 Å². The van der Waals surface area contributed by atoms with E-state index in [1.165, 1.54) is 55.8 Å². The van der Waals surface area contributed by atoms with Gasteiger partial charge in [0.2, 0.25) is 0 Å². The molecule has 0 saturated carbocycles. The number of carbonyl (C=O) groups is 5. The van der Waals surface area contributed by atoms with Crippen LogP contribution in [-0.4, -0.2) is 148 Å². The number of benzene rings is 4. The quantitative estimate of drug-likeness (QED) is 0.00616. The number of hydrogen-bond donors (Lipinski definition) is 2. The maximum atomic E-state index is 11.9. The number of hydrogen-bond acceptors (Lipinski definition) is 28. The summed E-state index contributed by atoms with van der Waals surface area (Å²) < 4.78 is 18.3. The van der Waals surface area contributed by atoms with Crippen molar-refractivity contribution < 1.29 is 91.9 Å². The van der Waals surface area contributed by atoms with Crippen LogP contribution in [0.2, 0.25) is 0 Å². The van der Waals surface area contributed by atoms with Crippen LogP contribution in [0.5, 0.6) is 0 Å². The highest BCUT2D eigenvalue weighted by atomic mass is 16.6. The van der Waals surface area contributed by atoms with Gasteiger partial charge < -0.3 is 68.0 Å². The Morgan fingerprint density at radius 2 is 0.674 bits per heavy atom. The van der Waals surface area contributed by atoms with E-state index in [1.54, 1.807) is 122 Å². The summed E-state index contributed by atoms with van der Waals surface area (Å²) in [5.41, 5.74) is 9.22. The van der Waals surface area contributed by atoms with Crippen LogP contribution < -0.4 is 0 Å². The largest absolute Gasteiger partial charge is 0.515 e. The number of methoxy groups -OCH3 is 4. The van der Waals surface area contributed by atoms with Crippen LogP contribution in [0.15, 0.2) is 150 Å². The van der Waals surface area contributed by atoms with Gasteiger partial charge in [-0.15, -0.1) is 0 Å². The molecule has 28 heteroatoms. The molecule has 4 aromatic rings. The van der Waals surface area contributed by atoms with Gasteiger partial charge >= 0.3 is 23.9 Å². The van der Waals surface area contributed by atoms with Crippen LogP contribution in [0.1, 0.15) is 105 Å². The van der Waals surface area contributed by atoms with Crippen molar-refractivity contribution in [1.82, 2.24) is 0 Å². The highest BCUT2D eigenvalue weighted by Crippen LogP contribution is 2.22. The van der Waals surface area contributed by atoms with Crippen LogP contribution in [0.3, 0.4) is 0 Å². The van der Waals surface area contributed by atoms with Gasteiger partial charge in [-0.2, -0.15) is 0 Å². The maximum absolute atomic E-state index is 11.9. The lowest BCUT2D eigenvalue weighted by molar-refractivity contribution is -0.140. The monoisotopic (exact) mass is 1240 g/mol. The van der Waals surface area contributed by atoms with Crippen molar-refractivity contribution in [3.8, 4) is 0 Å². The molecule has 0 aliphatic rings. The smallest absolute Gasteiger partial charge is 0.379 e. The number of aliphatic hydroxyl groups excluding tert-OH is 1. The molecule has 0 saturated heterocycles. The zero-order chi connectivity index (χ0) is 66.7. The number of aliphatic hydroxyl groups is 1. The standard InChI is InChI=1S/C16H20N2O5.C15H19N3O5.C15H18N2O5.C15H20N2O4/c1-11(17-22-4)12(2)18-23-10-13-7-5-6-8-14(13)15(9-19)16(20)21-3;1-10(17-22-4)11(2)18-23-9-12-7-5-6-8-13(12)14(16-20)15(19)21-3;1-10(16-21-4)11(2)17-22-9-12-7-5-6-8-13(12)14(18)15(19)20-3;1-11(16-20-4)12(2)17-21-10-14-8-6-5-7-13(14)9-15(18)19-3/h5-9,19H,10H2,1-4H3;5-8,20H,9H2,1-4H3;5-8H,9H2,1-4H3;5-8H,9-10H2,1-4H3/b15-9-,17-11-,18-12-;16-14+,17-10-,18-11-;16-10-,17-11-;16-11-,17-12-. The SMILES string of the molecule is CO/N=C(C)\C(C)=N/OCc1ccccc1/C(=C/O)C(=O)OC.CO/N=C(C)\C(C)=N/OCc1ccccc1/C(=N\O)C(=O)OC.CO/N=C(C)\C(C)=N/OCc1ccccc1C(=O)C(=O)OC.CO/N=C(C)\C(C)=N/OCc1ccccc1CC(=O)OC. The number of ketones is 1. The Kier molecular flexibility index (Phi) is 37.5. The fraction of sp³-hybridized carbons (Fsp3) is 0.344. The Morgan fingerprint density at radius 3 is 1.02 bits per heavy atom. The predicted molar refractivity (Wildman–Crippen MR) is 333 cm³/mol. The van der Waals surface area contributed by atoms with Gasteiger partial charge in [-0.3, -0.25) is 9.59 Å². The molecule has 89 heavy (non-hydrogen) atoms. The first kappa shape index (κ1) is 76.2. The van der Waals surface area contributed by atoms with E-state index in [1.807, 2.05) is 24.3 Å². The zero-order valence-electron chi connectivity index (χ0n) is 52.7. The molecule has 0 unspecified atom stereocenters. The fourth-order valence-corrected chi connectivity index (χ4v) is 6.47. The van der Waals surface area contributed by atoms with Crippen molar-refractivity contribution in [2.24, 2.45) is 46.4 Å². The van der Waals surface area contributed by atoms with E-state index in [4.69, 9.17) is 24.6 Å². The first-order valence-electron chi connectivity index (χ1n) is 26.4. The number of rotatable bonds is 28. The molecule has 28 nitrogen and oxygen atoms in total. The molecule has 480 valence electrons. The molecule has 0 heterocycles. The first-order chi connectivity index (χ1) is 42.7.